The lowest BCUT2D eigenvalue weighted by molar-refractivity contribution is 0.0948. The predicted molar refractivity (Wildman–Crippen MR) is 61.3 cm³/mol. The molecule has 2 aromatic rings. The van der Waals surface area contributed by atoms with Crippen molar-refractivity contribution >= 4 is 17.2 Å². The molecule has 2 N–H and O–H groups in total. The highest BCUT2D eigenvalue weighted by Gasteiger charge is 2.11. The summed E-state index contributed by atoms with van der Waals surface area (Å²) in [5, 5.41) is 14.6. The fourth-order valence-corrected chi connectivity index (χ4v) is 1.84. The molecule has 0 spiro atoms. The average Bonchev–Trinajstić information content (AvgIpc) is 2.78. The first-order valence-electron chi connectivity index (χ1n) is 4.82. The van der Waals surface area contributed by atoms with Crippen LogP contribution in [0.4, 0.5) is 4.39 Å². The zero-order chi connectivity index (χ0) is 12.3. The van der Waals surface area contributed by atoms with Crippen LogP contribution in [-0.4, -0.2) is 16.0 Å². The van der Waals surface area contributed by atoms with Crippen molar-refractivity contribution in [1.29, 1.82) is 0 Å². The highest BCUT2D eigenvalue weighted by atomic mass is 32.1. The van der Waals surface area contributed by atoms with Crippen LogP contribution in [0, 0.1) is 5.82 Å². The van der Waals surface area contributed by atoms with Crippen molar-refractivity contribution < 1.29 is 14.3 Å². The molecule has 4 nitrogen and oxygen atoms in total. The van der Waals surface area contributed by atoms with Crippen LogP contribution in [0.3, 0.4) is 0 Å². The van der Waals surface area contributed by atoms with Crippen molar-refractivity contribution in [3.8, 4) is 5.75 Å². The molecule has 0 aliphatic rings. The van der Waals surface area contributed by atoms with E-state index in [1.54, 1.807) is 11.6 Å². The van der Waals surface area contributed by atoms with Crippen molar-refractivity contribution in [2.24, 2.45) is 0 Å². The molecule has 1 aromatic heterocycles. The van der Waals surface area contributed by atoms with Gasteiger partial charge >= 0.3 is 0 Å². The normalized spacial score (nSPS) is 10.2. The van der Waals surface area contributed by atoms with Gasteiger partial charge in [-0.3, -0.25) is 4.79 Å². The first-order valence-corrected chi connectivity index (χ1v) is 5.70. The Labute approximate surface area is 101 Å². The standard InChI is InChI=1S/C11H9FN2O2S/c12-7-1-2-8(9(15)5-7)11(16)14-6-10-13-3-4-17-10/h1-5,15H,6H2,(H,14,16). The minimum absolute atomic E-state index is 0.0444. The van der Waals surface area contributed by atoms with Gasteiger partial charge < -0.3 is 10.4 Å². The lowest BCUT2D eigenvalue weighted by atomic mass is 10.2. The molecule has 1 heterocycles. The van der Waals surface area contributed by atoms with Crippen LogP contribution in [0.1, 0.15) is 15.4 Å². The van der Waals surface area contributed by atoms with Crippen molar-refractivity contribution in [1.82, 2.24) is 10.3 Å². The Hall–Kier alpha value is -1.95. The lowest BCUT2D eigenvalue weighted by Crippen LogP contribution is -2.22. The summed E-state index contributed by atoms with van der Waals surface area (Å²) in [6.07, 6.45) is 1.64. The van der Waals surface area contributed by atoms with Crippen LogP contribution in [0.15, 0.2) is 29.8 Å². The SMILES string of the molecule is O=C(NCc1nccs1)c1ccc(F)cc1O. The van der Waals surface area contributed by atoms with Gasteiger partial charge in [0.1, 0.15) is 16.6 Å². The van der Waals surface area contributed by atoms with Crippen molar-refractivity contribution in [3.05, 3.63) is 46.2 Å². The number of carbonyl (C=O) groups is 1. The number of aromatic hydroxyl groups is 1. The summed E-state index contributed by atoms with van der Waals surface area (Å²) in [7, 11) is 0. The van der Waals surface area contributed by atoms with Crippen LogP contribution in [-0.2, 0) is 6.54 Å². The smallest absolute Gasteiger partial charge is 0.255 e. The Morgan fingerprint density at radius 3 is 3.00 bits per heavy atom. The number of thiazole rings is 1. The number of nitrogens with zero attached hydrogens (tertiary/aromatic N) is 1. The molecule has 0 aliphatic heterocycles. The number of carbonyl (C=O) groups excluding carboxylic acids is 1. The second-order valence-electron chi connectivity index (χ2n) is 3.27. The molecule has 0 saturated heterocycles. The van der Waals surface area contributed by atoms with Gasteiger partial charge in [-0.05, 0) is 12.1 Å². The summed E-state index contributed by atoms with van der Waals surface area (Å²) in [6, 6.07) is 3.26. The number of amides is 1. The average molecular weight is 252 g/mol. The summed E-state index contributed by atoms with van der Waals surface area (Å²) in [6.45, 7) is 0.285. The third-order valence-electron chi connectivity index (χ3n) is 2.09. The molecular formula is C11H9FN2O2S. The van der Waals surface area contributed by atoms with E-state index in [-0.39, 0.29) is 17.9 Å². The molecule has 17 heavy (non-hydrogen) atoms. The molecule has 0 atom stereocenters. The van der Waals surface area contributed by atoms with Crippen molar-refractivity contribution in [3.63, 3.8) is 0 Å². The molecule has 0 unspecified atom stereocenters. The van der Waals surface area contributed by atoms with E-state index in [0.717, 1.165) is 17.1 Å². The maximum absolute atomic E-state index is 12.7. The Kier molecular flexibility index (Phi) is 3.34. The molecule has 88 valence electrons. The number of hydrogen-bond acceptors (Lipinski definition) is 4. The second kappa shape index (κ2) is 4.92. The molecule has 0 saturated carbocycles. The fraction of sp³-hybridized carbons (Fsp3) is 0.0909. The summed E-state index contributed by atoms with van der Waals surface area (Å²) in [5.74, 6) is -1.42. The van der Waals surface area contributed by atoms with Gasteiger partial charge in [0, 0.05) is 17.6 Å². The van der Waals surface area contributed by atoms with Crippen molar-refractivity contribution in [2.45, 2.75) is 6.54 Å². The number of nitrogens with one attached hydrogen (secondary N) is 1. The fourth-order valence-electron chi connectivity index (χ4n) is 1.29. The van der Waals surface area contributed by atoms with Crippen LogP contribution in [0.5, 0.6) is 5.75 Å². The van der Waals surface area contributed by atoms with E-state index in [2.05, 4.69) is 10.3 Å². The molecule has 6 heteroatoms. The quantitative estimate of drug-likeness (QED) is 0.877. The van der Waals surface area contributed by atoms with E-state index in [9.17, 15) is 14.3 Å². The molecule has 0 radical (unpaired) electrons. The van der Waals surface area contributed by atoms with Crippen LogP contribution < -0.4 is 5.32 Å². The molecule has 1 amide bonds. The topological polar surface area (TPSA) is 62.2 Å². The van der Waals surface area contributed by atoms with E-state index in [4.69, 9.17) is 0 Å². The van der Waals surface area contributed by atoms with Gasteiger partial charge in [0.25, 0.3) is 5.91 Å². The maximum Gasteiger partial charge on any atom is 0.255 e. The number of benzene rings is 1. The van der Waals surface area contributed by atoms with Gasteiger partial charge in [-0.25, -0.2) is 9.37 Å². The molecule has 0 bridgehead atoms. The minimum atomic E-state index is -0.584. The summed E-state index contributed by atoms with van der Waals surface area (Å²) in [5.41, 5.74) is 0.0444. The van der Waals surface area contributed by atoms with Crippen molar-refractivity contribution in [2.75, 3.05) is 0 Å². The summed E-state index contributed by atoms with van der Waals surface area (Å²) >= 11 is 1.42. The monoisotopic (exact) mass is 252 g/mol. The van der Waals surface area contributed by atoms with Gasteiger partial charge in [-0.2, -0.15) is 0 Å². The number of phenolic OH excluding ortho intramolecular Hbond substituents is 1. The maximum atomic E-state index is 12.7. The molecule has 0 fully saturated rings. The Balaban J connectivity index is 2.04. The predicted octanol–water partition coefficient (Wildman–Crippen LogP) is 1.92. The lowest BCUT2D eigenvalue weighted by Gasteiger charge is -2.05. The third-order valence-corrected chi connectivity index (χ3v) is 2.87. The third kappa shape index (κ3) is 2.79. The Morgan fingerprint density at radius 2 is 2.35 bits per heavy atom. The highest BCUT2D eigenvalue weighted by Crippen LogP contribution is 2.17. The van der Waals surface area contributed by atoms with Gasteiger partial charge in [-0.15, -0.1) is 11.3 Å². The second-order valence-corrected chi connectivity index (χ2v) is 4.25. The minimum Gasteiger partial charge on any atom is -0.507 e. The molecule has 1 aromatic carbocycles. The highest BCUT2D eigenvalue weighted by molar-refractivity contribution is 7.09. The zero-order valence-electron chi connectivity index (χ0n) is 8.68. The molecule has 2 rings (SSSR count). The number of aromatic nitrogens is 1. The number of halogens is 1. The molecular weight excluding hydrogens is 243 g/mol. The Bertz CT molecular complexity index is 528. The van der Waals surface area contributed by atoms with Crippen LogP contribution in [0.2, 0.25) is 0 Å². The number of rotatable bonds is 3. The van der Waals surface area contributed by atoms with Gasteiger partial charge in [0.05, 0.1) is 12.1 Å². The number of phenols is 1. The number of hydrogen-bond donors (Lipinski definition) is 2. The van der Waals surface area contributed by atoms with E-state index in [1.807, 2.05) is 0 Å². The first kappa shape index (κ1) is 11.5. The van der Waals surface area contributed by atoms with Gasteiger partial charge in [0.2, 0.25) is 0 Å². The van der Waals surface area contributed by atoms with Gasteiger partial charge in [0.15, 0.2) is 0 Å². The van der Waals surface area contributed by atoms with E-state index < -0.39 is 11.7 Å². The van der Waals surface area contributed by atoms with E-state index >= 15 is 0 Å². The van der Waals surface area contributed by atoms with Crippen LogP contribution in [0.25, 0.3) is 0 Å². The van der Waals surface area contributed by atoms with E-state index in [1.165, 1.54) is 17.4 Å². The summed E-state index contributed by atoms with van der Waals surface area (Å²) in [4.78, 5) is 15.7. The van der Waals surface area contributed by atoms with E-state index in [0.29, 0.717) is 0 Å². The van der Waals surface area contributed by atoms with Crippen LogP contribution >= 0.6 is 11.3 Å². The summed E-state index contributed by atoms with van der Waals surface area (Å²) < 4.78 is 12.7. The molecule has 0 aliphatic carbocycles. The van der Waals surface area contributed by atoms with Gasteiger partial charge in [-0.1, -0.05) is 0 Å². The first-order chi connectivity index (χ1) is 8.16. The zero-order valence-corrected chi connectivity index (χ0v) is 9.50. The largest absolute Gasteiger partial charge is 0.507 e. The Morgan fingerprint density at radius 1 is 1.53 bits per heavy atom.